The van der Waals surface area contributed by atoms with Gasteiger partial charge in [0.1, 0.15) is 11.9 Å². The molecule has 4 rings (SSSR count). The summed E-state index contributed by atoms with van der Waals surface area (Å²) in [6.45, 7) is 3.32. The third-order valence-electron chi connectivity index (χ3n) is 5.19. The minimum Gasteiger partial charge on any atom is -0.368 e. The van der Waals surface area contributed by atoms with Crippen molar-refractivity contribution in [1.82, 2.24) is 14.9 Å². The summed E-state index contributed by atoms with van der Waals surface area (Å²) in [5.41, 5.74) is 8.94. The topological polar surface area (TPSA) is 75.4 Å². The lowest BCUT2D eigenvalue weighted by Gasteiger charge is -2.32. The van der Waals surface area contributed by atoms with E-state index in [0.717, 1.165) is 62.5 Å². The molecule has 1 unspecified atom stereocenters. The Kier molecular flexibility index (Phi) is 4.78. The first-order valence-corrected chi connectivity index (χ1v) is 9.37. The summed E-state index contributed by atoms with van der Waals surface area (Å²) in [5, 5.41) is 0.241. The van der Waals surface area contributed by atoms with Crippen LogP contribution in [0.2, 0.25) is 5.28 Å². The second-order valence-corrected chi connectivity index (χ2v) is 7.28. The molecular weight excluding hydrogens is 350 g/mol. The van der Waals surface area contributed by atoms with Crippen molar-refractivity contribution in [1.29, 1.82) is 0 Å². The van der Waals surface area contributed by atoms with Gasteiger partial charge in [-0.05, 0) is 30.0 Å². The Morgan fingerprint density at radius 1 is 1.23 bits per heavy atom. The second-order valence-electron chi connectivity index (χ2n) is 6.94. The highest BCUT2D eigenvalue weighted by atomic mass is 35.5. The van der Waals surface area contributed by atoms with E-state index in [0.29, 0.717) is 0 Å². The summed E-state index contributed by atoms with van der Waals surface area (Å²) >= 11 is 6.18. The molecule has 26 heavy (non-hydrogen) atoms. The number of hydrogen-bond acceptors (Lipinski definition) is 5. The average molecular weight is 372 g/mol. The number of fused-ring (bicyclic) bond motifs is 1. The molecule has 0 spiro atoms. The Hall–Kier alpha value is -2.18. The molecule has 1 aromatic heterocycles. The van der Waals surface area contributed by atoms with Gasteiger partial charge < -0.3 is 10.6 Å². The van der Waals surface area contributed by atoms with Crippen molar-refractivity contribution in [3.05, 3.63) is 52.4 Å². The van der Waals surface area contributed by atoms with Crippen LogP contribution >= 0.6 is 11.6 Å². The highest BCUT2D eigenvalue weighted by Crippen LogP contribution is 2.32. The average Bonchev–Trinajstić information content (AvgIpc) is 3.12. The number of rotatable bonds is 4. The van der Waals surface area contributed by atoms with Gasteiger partial charge in [0.2, 0.25) is 11.2 Å². The monoisotopic (exact) mass is 371 g/mol. The summed E-state index contributed by atoms with van der Waals surface area (Å²) < 4.78 is 0. The first-order valence-electron chi connectivity index (χ1n) is 8.99. The second kappa shape index (κ2) is 7.21. The molecule has 7 heteroatoms. The van der Waals surface area contributed by atoms with Gasteiger partial charge in [-0.2, -0.15) is 0 Å². The maximum Gasteiger partial charge on any atom is 0.240 e. The lowest BCUT2D eigenvalue weighted by Crippen LogP contribution is -2.42. The number of amides is 1. The normalized spacial score (nSPS) is 20.2. The van der Waals surface area contributed by atoms with Crippen LogP contribution in [0.15, 0.2) is 30.3 Å². The predicted octanol–water partition coefficient (Wildman–Crippen LogP) is 2.14. The number of nitrogens with zero attached hydrogens (tertiary/aromatic N) is 4. The van der Waals surface area contributed by atoms with Crippen molar-refractivity contribution in [2.24, 2.45) is 5.73 Å². The van der Waals surface area contributed by atoms with E-state index in [1.807, 2.05) is 11.0 Å². The van der Waals surface area contributed by atoms with E-state index in [-0.39, 0.29) is 17.2 Å². The fourth-order valence-corrected chi connectivity index (χ4v) is 4.14. The van der Waals surface area contributed by atoms with Gasteiger partial charge in [-0.3, -0.25) is 9.69 Å². The number of aromatic nitrogens is 2. The molecule has 2 N–H and O–H groups in total. The molecule has 0 bridgehead atoms. The van der Waals surface area contributed by atoms with E-state index in [9.17, 15) is 4.79 Å². The third-order valence-corrected chi connectivity index (χ3v) is 5.36. The lowest BCUT2D eigenvalue weighted by atomic mass is 10.0. The number of nitrogens with two attached hydrogens (primary N) is 1. The van der Waals surface area contributed by atoms with E-state index in [1.54, 1.807) is 0 Å². The zero-order valence-corrected chi connectivity index (χ0v) is 15.3. The van der Waals surface area contributed by atoms with Gasteiger partial charge >= 0.3 is 0 Å². The van der Waals surface area contributed by atoms with Gasteiger partial charge in [0.25, 0.3) is 0 Å². The fourth-order valence-electron chi connectivity index (χ4n) is 3.95. The van der Waals surface area contributed by atoms with Crippen molar-refractivity contribution in [2.75, 3.05) is 18.0 Å². The van der Waals surface area contributed by atoms with Gasteiger partial charge in [0.05, 0.1) is 5.69 Å². The first kappa shape index (κ1) is 17.2. The molecule has 1 amide bonds. The number of anilines is 1. The minimum atomic E-state index is -0.311. The van der Waals surface area contributed by atoms with Crippen molar-refractivity contribution in [2.45, 2.75) is 38.4 Å². The van der Waals surface area contributed by atoms with E-state index in [2.05, 4.69) is 39.1 Å². The Morgan fingerprint density at radius 3 is 2.81 bits per heavy atom. The third kappa shape index (κ3) is 3.39. The Morgan fingerprint density at radius 2 is 2.04 bits per heavy atom. The van der Waals surface area contributed by atoms with Crippen LogP contribution in [0.4, 0.5) is 5.82 Å². The smallest absolute Gasteiger partial charge is 0.240 e. The maximum absolute atomic E-state index is 11.8. The molecule has 0 radical (unpaired) electrons. The molecule has 0 saturated carbocycles. The fraction of sp³-hybridized carbons (Fsp3) is 0.421. The van der Waals surface area contributed by atoms with Gasteiger partial charge in [-0.15, -0.1) is 0 Å². The van der Waals surface area contributed by atoms with Crippen LogP contribution in [-0.4, -0.2) is 39.9 Å². The van der Waals surface area contributed by atoms with Crippen LogP contribution in [-0.2, 0) is 24.3 Å². The van der Waals surface area contributed by atoms with Crippen LogP contribution < -0.4 is 10.6 Å². The Balaban J connectivity index is 1.63. The minimum absolute atomic E-state index is 0.241. The van der Waals surface area contributed by atoms with Gasteiger partial charge in [-0.25, -0.2) is 9.97 Å². The highest BCUT2D eigenvalue weighted by molar-refractivity contribution is 6.28. The van der Waals surface area contributed by atoms with E-state index < -0.39 is 0 Å². The number of benzene rings is 1. The zero-order valence-electron chi connectivity index (χ0n) is 14.6. The molecule has 2 aromatic rings. The number of halogens is 1. The van der Waals surface area contributed by atoms with Crippen molar-refractivity contribution < 1.29 is 4.79 Å². The highest BCUT2D eigenvalue weighted by Gasteiger charge is 2.34. The van der Waals surface area contributed by atoms with E-state index in [1.165, 1.54) is 5.56 Å². The van der Waals surface area contributed by atoms with Crippen molar-refractivity contribution >= 4 is 23.3 Å². The number of primary amides is 1. The largest absolute Gasteiger partial charge is 0.368 e. The summed E-state index contributed by atoms with van der Waals surface area (Å²) in [6, 6.07) is 10.1. The molecule has 136 valence electrons. The van der Waals surface area contributed by atoms with Crippen LogP contribution in [0.3, 0.4) is 0 Å². The van der Waals surface area contributed by atoms with Crippen LogP contribution in [0.25, 0.3) is 0 Å². The molecular formula is C19H22ClN5O. The summed E-state index contributed by atoms with van der Waals surface area (Å²) in [5.74, 6) is 0.474. The number of carbonyl (C=O) groups is 1. The molecule has 1 fully saturated rings. The Labute approximate surface area is 158 Å². The molecule has 6 nitrogen and oxygen atoms in total. The molecule has 1 aromatic carbocycles. The number of carbonyl (C=O) groups excluding carboxylic acids is 1. The van der Waals surface area contributed by atoms with Crippen LogP contribution in [0.5, 0.6) is 0 Å². The molecule has 1 atom stereocenters. The van der Waals surface area contributed by atoms with Gasteiger partial charge in [-0.1, -0.05) is 30.3 Å². The maximum atomic E-state index is 11.8. The van der Waals surface area contributed by atoms with Crippen molar-refractivity contribution in [3.63, 3.8) is 0 Å². The summed E-state index contributed by atoms with van der Waals surface area (Å²) in [4.78, 5) is 25.2. The zero-order chi connectivity index (χ0) is 18.1. The first-order chi connectivity index (χ1) is 12.6. The standard InChI is InChI=1S/C19H22ClN5O/c20-19-22-15-8-10-24(11-13-5-2-1-3-6-13)12-14(15)18(23-19)25-9-4-7-16(25)17(21)26/h1-3,5-6,16H,4,7-12H2,(H2,21,26). The van der Waals surface area contributed by atoms with Crippen LogP contribution in [0, 0.1) is 0 Å². The molecule has 2 aliphatic heterocycles. The summed E-state index contributed by atoms with van der Waals surface area (Å²) in [6.07, 6.45) is 2.52. The molecule has 2 aliphatic rings. The molecule has 0 aliphatic carbocycles. The van der Waals surface area contributed by atoms with E-state index >= 15 is 0 Å². The summed E-state index contributed by atoms with van der Waals surface area (Å²) in [7, 11) is 0. The molecule has 3 heterocycles. The lowest BCUT2D eigenvalue weighted by molar-refractivity contribution is -0.119. The number of hydrogen-bond donors (Lipinski definition) is 1. The van der Waals surface area contributed by atoms with Gasteiger partial charge in [0.15, 0.2) is 0 Å². The van der Waals surface area contributed by atoms with Crippen LogP contribution in [0.1, 0.15) is 29.7 Å². The SMILES string of the molecule is NC(=O)C1CCCN1c1nc(Cl)nc2c1CN(Cc1ccccc1)CC2. The molecule has 1 saturated heterocycles. The quantitative estimate of drug-likeness (QED) is 0.833. The Bertz CT molecular complexity index is 813. The predicted molar refractivity (Wildman–Crippen MR) is 101 cm³/mol. The van der Waals surface area contributed by atoms with E-state index in [4.69, 9.17) is 17.3 Å². The van der Waals surface area contributed by atoms with Gasteiger partial charge in [0, 0.05) is 38.2 Å². The van der Waals surface area contributed by atoms with Crippen molar-refractivity contribution in [3.8, 4) is 0 Å².